The SMILES string of the molecule is COCN(COC)Cc1ccccc1B(O)c1cccc(Cl)c1. The second kappa shape index (κ2) is 9.06. The molecule has 23 heavy (non-hydrogen) atoms. The van der Waals surface area contributed by atoms with Crippen molar-refractivity contribution >= 4 is 29.4 Å². The van der Waals surface area contributed by atoms with Crippen LogP contribution in [0.4, 0.5) is 0 Å². The van der Waals surface area contributed by atoms with Crippen LogP contribution in [0.15, 0.2) is 48.5 Å². The van der Waals surface area contributed by atoms with Crippen LogP contribution in [0.5, 0.6) is 0 Å². The molecule has 0 unspecified atom stereocenters. The maximum Gasteiger partial charge on any atom is 0.359 e. The molecule has 0 aliphatic rings. The van der Waals surface area contributed by atoms with Crippen molar-refractivity contribution in [2.45, 2.75) is 6.54 Å². The Morgan fingerprint density at radius 1 is 1.04 bits per heavy atom. The molecule has 2 rings (SSSR count). The van der Waals surface area contributed by atoms with Crippen LogP contribution in [0.25, 0.3) is 0 Å². The van der Waals surface area contributed by atoms with Crippen LogP contribution in [0.2, 0.25) is 5.02 Å². The normalized spacial score (nSPS) is 11.0. The van der Waals surface area contributed by atoms with E-state index in [0.29, 0.717) is 25.0 Å². The molecule has 0 spiro atoms. The Morgan fingerprint density at radius 3 is 2.39 bits per heavy atom. The van der Waals surface area contributed by atoms with Crippen molar-refractivity contribution in [2.24, 2.45) is 0 Å². The summed E-state index contributed by atoms with van der Waals surface area (Å²) in [5.74, 6) is 0. The zero-order chi connectivity index (χ0) is 16.7. The molecule has 0 saturated heterocycles. The fourth-order valence-electron chi connectivity index (χ4n) is 2.54. The minimum Gasteiger partial charge on any atom is -0.443 e. The standard InChI is InChI=1S/C17H21BClNO3/c1-22-12-20(13-23-2)11-14-6-3-4-9-17(14)18(21)15-7-5-8-16(19)10-15/h3-10,21H,11-13H2,1-2H3. The lowest BCUT2D eigenvalue weighted by Gasteiger charge is -2.22. The molecule has 2 aromatic rings. The third-order valence-electron chi connectivity index (χ3n) is 3.53. The largest absolute Gasteiger partial charge is 0.443 e. The van der Waals surface area contributed by atoms with E-state index in [1.54, 1.807) is 26.4 Å². The molecule has 0 aliphatic carbocycles. The number of halogens is 1. The molecule has 0 aliphatic heterocycles. The predicted octanol–water partition coefficient (Wildman–Crippen LogP) is 1.45. The van der Waals surface area contributed by atoms with E-state index in [2.05, 4.69) is 0 Å². The smallest absolute Gasteiger partial charge is 0.359 e. The first kappa shape index (κ1) is 18.0. The van der Waals surface area contributed by atoms with Gasteiger partial charge in [0.05, 0.1) is 0 Å². The molecule has 0 saturated carbocycles. The molecular weight excluding hydrogens is 312 g/mol. The Bertz CT molecular complexity index is 620. The molecule has 4 nitrogen and oxygen atoms in total. The molecule has 0 aromatic heterocycles. The molecule has 0 amide bonds. The number of nitrogens with zero attached hydrogens (tertiary/aromatic N) is 1. The number of methoxy groups -OCH3 is 2. The van der Waals surface area contributed by atoms with E-state index < -0.39 is 6.92 Å². The summed E-state index contributed by atoms with van der Waals surface area (Å²) in [6.45, 7) is 0.803. The van der Waals surface area contributed by atoms with Crippen molar-refractivity contribution in [2.75, 3.05) is 27.7 Å². The number of rotatable bonds is 8. The number of benzene rings is 2. The summed E-state index contributed by atoms with van der Waals surface area (Å²) in [5, 5.41) is 11.3. The fraction of sp³-hybridized carbons (Fsp3) is 0.294. The minimum atomic E-state index is -0.725. The molecule has 1 N–H and O–H groups in total. The molecule has 2 aromatic carbocycles. The van der Waals surface area contributed by atoms with Gasteiger partial charge in [-0.1, -0.05) is 48.0 Å². The van der Waals surface area contributed by atoms with E-state index in [-0.39, 0.29) is 0 Å². The lowest BCUT2D eigenvalue weighted by molar-refractivity contribution is -0.0184. The highest BCUT2D eigenvalue weighted by atomic mass is 35.5. The highest BCUT2D eigenvalue weighted by Gasteiger charge is 2.21. The van der Waals surface area contributed by atoms with E-state index in [9.17, 15) is 5.02 Å². The number of hydrogen-bond donors (Lipinski definition) is 1. The summed E-state index contributed by atoms with van der Waals surface area (Å²) in [4.78, 5) is 2.00. The number of ether oxygens (including phenoxy) is 2. The molecule has 0 atom stereocenters. The van der Waals surface area contributed by atoms with E-state index in [0.717, 1.165) is 16.5 Å². The van der Waals surface area contributed by atoms with Crippen molar-refractivity contribution in [3.63, 3.8) is 0 Å². The van der Waals surface area contributed by atoms with Crippen molar-refractivity contribution in [1.29, 1.82) is 0 Å². The molecule has 0 fully saturated rings. The third kappa shape index (κ3) is 5.06. The van der Waals surface area contributed by atoms with Gasteiger partial charge in [-0.05, 0) is 28.6 Å². The monoisotopic (exact) mass is 333 g/mol. The summed E-state index contributed by atoms with van der Waals surface area (Å²) < 4.78 is 10.4. The van der Waals surface area contributed by atoms with Crippen LogP contribution < -0.4 is 10.9 Å². The van der Waals surface area contributed by atoms with Crippen molar-refractivity contribution in [3.05, 3.63) is 59.1 Å². The van der Waals surface area contributed by atoms with Crippen LogP contribution in [0.1, 0.15) is 5.56 Å². The van der Waals surface area contributed by atoms with Gasteiger partial charge in [-0.15, -0.1) is 0 Å². The molecular formula is C17H21BClNO3. The third-order valence-corrected chi connectivity index (χ3v) is 3.77. The minimum absolute atomic E-state index is 0.454. The molecule has 0 heterocycles. The van der Waals surface area contributed by atoms with Crippen LogP contribution in [-0.4, -0.2) is 44.5 Å². The van der Waals surface area contributed by atoms with Crippen LogP contribution in [0.3, 0.4) is 0 Å². The first-order valence-electron chi connectivity index (χ1n) is 7.37. The van der Waals surface area contributed by atoms with E-state index in [1.807, 2.05) is 41.3 Å². The second-order valence-electron chi connectivity index (χ2n) is 5.32. The summed E-state index contributed by atoms with van der Waals surface area (Å²) in [7, 11) is 3.30. The van der Waals surface area contributed by atoms with Gasteiger partial charge in [0.2, 0.25) is 0 Å². The highest BCUT2D eigenvalue weighted by molar-refractivity contribution is 6.79. The Labute approximate surface area is 142 Å². The Balaban J connectivity index is 2.25. The molecule has 0 bridgehead atoms. The van der Waals surface area contributed by atoms with Gasteiger partial charge in [0.1, 0.15) is 13.5 Å². The fourth-order valence-corrected chi connectivity index (χ4v) is 2.73. The summed E-state index contributed by atoms with van der Waals surface area (Å²) in [6.07, 6.45) is 0. The molecule has 122 valence electrons. The Kier molecular flexibility index (Phi) is 7.08. The van der Waals surface area contributed by atoms with Gasteiger partial charge >= 0.3 is 6.92 Å². The zero-order valence-corrected chi connectivity index (χ0v) is 14.2. The number of hydrogen-bond acceptors (Lipinski definition) is 4. The van der Waals surface area contributed by atoms with Gasteiger partial charge in [-0.2, -0.15) is 0 Å². The van der Waals surface area contributed by atoms with Crippen LogP contribution in [0, 0.1) is 0 Å². The lowest BCUT2D eigenvalue weighted by atomic mass is 9.54. The van der Waals surface area contributed by atoms with Gasteiger partial charge in [0.15, 0.2) is 0 Å². The maximum absolute atomic E-state index is 10.7. The van der Waals surface area contributed by atoms with E-state index in [4.69, 9.17) is 21.1 Å². The zero-order valence-electron chi connectivity index (χ0n) is 13.4. The van der Waals surface area contributed by atoms with Gasteiger partial charge in [0.25, 0.3) is 0 Å². The molecule has 0 radical (unpaired) electrons. The first-order chi connectivity index (χ1) is 11.2. The maximum atomic E-state index is 10.7. The van der Waals surface area contributed by atoms with Gasteiger partial charge < -0.3 is 14.5 Å². The predicted molar refractivity (Wildman–Crippen MR) is 94.4 cm³/mol. The van der Waals surface area contributed by atoms with Crippen molar-refractivity contribution in [1.82, 2.24) is 4.90 Å². The van der Waals surface area contributed by atoms with Gasteiger partial charge in [-0.3, -0.25) is 4.90 Å². The summed E-state index contributed by atoms with van der Waals surface area (Å²) in [6, 6.07) is 15.1. The molecule has 6 heteroatoms. The topological polar surface area (TPSA) is 41.9 Å². The Morgan fingerprint density at radius 2 is 1.74 bits per heavy atom. The van der Waals surface area contributed by atoms with E-state index >= 15 is 0 Å². The van der Waals surface area contributed by atoms with Crippen molar-refractivity contribution < 1.29 is 14.5 Å². The quantitative estimate of drug-likeness (QED) is 0.586. The second-order valence-corrected chi connectivity index (χ2v) is 5.76. The van der Waals surface area contributed by atoms with Gasteiger partial charge in [-0.25, -0.2) is 0 Å². The average molecular weight is 334 g/mol. The Hall–Kier alpha value is -1.37. The van der Waals surface area contributed by atoms with Gasteiger partial charge in [0, 0.05) is 25.8 Å². The van der Waals surface area contributed by atoms with Crippen LogP contribution >= 0.6 is 11.6 Å². The van der Waals surface area contributed by atoms with Crippen molar-refractivity contribution in [3.8, 4) is 0 Å². The lowest BCUT2D eigenvalue weighted by Crippen LogP contribution is -2.45. The summed E-state index contributed by atoms with van der Waals surface area (Å²) >= 11 is 6.03. The highest BCUT2D eigenvalue weighted by Crippen LogP contribution is 2.07. The van der Waals surface area contributed by atoms with Crippen LogP contribution in [-0.2, 0) is 16.0 Å². The average Bonchev–Trinajstić information content (AvgIpc) is 2.55. The summed E-state index contributed by atoms with van der Waals surface area (Å²) in [5.41, 5.74) is 2.65. The first-order valence-corrected chi connectivity index (χ1v) is 7.75. The van der Waals surface area contributed by atoms with E-state index in [1.165, 1.54) is 0 Å².